The normalized spacial score (nSPS) is 19.8. The van der Waals surface area contributed by atoms with Crippen LogP contribution in [0, 0.1) is 6.92 Å². The van der Waals surface area contributed by atoms with Crippen molar-refractivity contribution in [2.75, 3.05) is 14.6 Å². The number of hydrogen-bond acceptors (Lipinski definition) is 5. The van der Waals surface area contributed by atoms with Crippen molar-refractivity contribution < 1.29 is 4.42 Å². The Balaban J connectivity index is 1.08. The number of hydrogen-bond donors (Lipinski definition) is 0. The molecule has 0 saturated carbocycles. The summed E-state index contributed by atoms with van der Waals surface area (Å²) >= 11 is 2.07. The maximum atomic E-state index is 7.46. The largest absolute Gasteiger partial charge is 0.456 e. The SMILES string of the molecule is CCCCc1ccc(N(c2ccc(CCCC)cc2)c2cc3c4c(c2)N(c2cc5c(cc2C)C(C)(C)CCC5(C)C)c2c(sc5cc6c(cc25)C(C)(C)CCC6(C)C)B4N(c2ccc4c(c2)C(C)(C)CCC4(C)C)c2cc4c(cc2-3)oc2cc3c(cc24)C(C)(C)CCC3(C)C)cc1. The van der Waals surface area contributed by atoms with Gasteiger partial charge < -0.3 is 19.0 Å². The maximum absolute atomic E-state index is 7.46. The van der Waals surface area contributed by atoms with Crippen LogP contribution in [0.25, 0.3) is 43.2 Å². The van der Waals surface area contributed by atoms with Gasteiger partial charge in [0.25, 0.3) is 0 Å². The fraction of sp³-hybridized carbons (Fsp3) is 0.451. The van der Waals surface area contributed by atoms with Crippen LogP contribution in [-0.4, -0.2) is 6.85 Å². The van der Waals surface area contributed by atoms with Gasteiger partial charge >= 0.3 is 6.85 Å². The minimum absolute atomic E-state index is 0.00407. The summed E-state index contributed by atoms with van der Waals surface area (Å²) in [4.78, 5) is 8.29. The van der Waals surface area contributed by atoms with E-state index in [9.17, 15) is 0 Å². The molecule has 4 heterocycles. The standard InChI is InChI=1S/C91H106BN3OS/c1-20-22-24-56-26-30-58(31-27-56)93(59-32-28-57(29-33-59)25-23-21-2)61-45-65-62-51-78-64(63-48-70-73(53-79(63)96-78)90(16,17)42-39-87(70,10)11)50-76(62)95(60-34-35-67-69(46-60)86(8,9)37-36-84(67,4)5)92-81(65)77(47-61)94(75-52-72-68(44-55(75)3)85(6,7)38-41-89(72,14)15)82-66-49-71-74(54-80(66)97-83(82)92)91(18,19)43-40-88(71,12)13/h26-35,44-54H,20-25,36-43H2,1-19H3. The second-order valence-corrected chi connectivity index (χ2v) is 37.5. The van der Waals surface area contributed by atoms with Gasteiger partial charge in [-0.25, -0.2) is 0 Å². The molecular weight excluding hydrogens is 1190 g/mol. The first-order valence-corrected chi connectivity index (χ1v) is 38.4. The molecule has 0 amide bonds. The molecule has 500 valence electrons. The third-order valence-corrected chi connectivity index (χ3v) is 27.2. The van der Waals surface area contributed by atoms with Crippen LogP contribution in [0.1, 0.15) is 263 Å². The van der Waals surface area contributed by atoms with Gasteiger partial charge in [0.2, 0.25) is 0 Å². The van der Waals surface area contributed by atoms with Crippen LogP contribution in [0.5, 0.6) is 0 Å². The van der Waals surface area contributed by atoms with Crippen LogP contribution < -0.4 is 24.9 Å². The first-order chi connectivity index (χ1) is 45.8. The molecule has 2 aliphatic heterocycles. The zero-order valence-corrected chi connectivity index (χ0v) is 63.1. The molecule has 8 aromatic carbocycles. The van der Waals surface area contributed by atoms with Crippen molar-refractivity contribution in [3.8, 4) is 11.1 Å². The number of nitrogens with zero attached hydrogens (tertiary/aromatic N) is 3. The van der Waals surface area contributed by atoms with E-state index in [1.165, 1.54) is 188 Å². The highest BCUT2D eigenvalue weighted by molar-refractivity contribution is 7.32. The highest BCUT2D eigenvalue weighted by atomic mass is 32.1. The first-order valence-electron chi connectivity index (χ1n) is 37.5. The number of unbranched alkanes of at least 4 members (excludes halogenated alkanes) is 2. The van der Waals surface area contributed by atoms with Gasteiger partial charge in [-0.1, -0.05) is 174 Å². The molecule has 0 fully saturated rings. The van der Waals surface area contributed by atoms with E-state index in [0.717, 1.165) is 61.8 Å². The quantitative estimate of drug-likeness (QED) is 0.120. The van der Waals surface area contributed by atoms with Crippen LogP contribution >= 0.6 is 11.3 Å². The van der Waals surface area contributed by atoms with Crippen molar-refractivity contribution in [1.29, 1.82) is 0 Å². The molecule has 0 saturated heterocycles. The van der Waals surface area contributed by atoms with Gasteiger partial charge in [-0.3, -0.25) is 0 Å². The van der Waals surface area contributed by atoms with Crippen molar-refractivity contribution in [2.45, 2.75) is 265 Å². The fourth-order valence-corrected chi connectivity index (χ4v) is 20.3. The Labute approximate surface area is 585 Å². The summed E-state index contributed by atoms with van der Waals surface area (Å²) in [5.41, 5.74) is 31.8. The van der Waals surface area contributed by atoms with Crippen LogP contribution in [0.3, 0.4) is 0 Å². The summed E-state index contributed by atoms with van der Waals surface area (Å²) in [6, 6.07) is 53.0. The molecule has 97 heavy (non-hydrogen) atoms. The summed E-state index contributed by atoms with van der Waals surface area (Å²) in [5.74, 6) is 0. The minimum atomic E-state index is -0.188. The molecule has 0 N–H and O–H groups in total. The van der Waals surface area contributed by atoms with Crippen LogP contribution in [0.4, 0.5) is 45.5 Å². The minimum Gasteiger partial charge on any atom is -0.456 e. The van der Waals surface area contributed by atoms with Crippen LogP contribution in [0.15, 0.2) is 132 Å². The lowest BCUT2D eigenvalue weighted by Crippen LogP contribution is -2.60. The Morgan fingerprint density at radius 3 is 1.40 bits per heavy atom. The van der Waals surface area contributed by atoms with Gasteiger partial charge in [0.05, 0.1) is 5.69 Å². The number of fused-ring (bicyclic) bond motifs is 13. The van der Waals surface area contributed by atoms with E-state index in [1.54, 1.807) is 0 Å². The molecule has 0 radical (unpaired) electrons. The van der Waals surface area contributed by atoms with E-state index in [-0.39, 0.29) is 50.2 Å². The van der Waals surface area contributed by atoms with Gasteiger partial charge in [0, 0.05) is 71.0 Å². The van der Waals surface area contributed by atoms with Gasteiger partial charge in [0.15, 0.2) is 0 Å². The Morgan fingerprint density at radius 2 is 0.866 bits per heavy atom. The third-order valence-electron chi connectivity index (χ3n) is 26.0. The predicted octanol–water partition coefficient (Wildman–Crippen LogP) is 25.4. The smallest absolute Gasteiger partial charge is 0.343 e. The highest BCUT2D eigenvalue weighted by Crippen LogP contribution is 2.59. The molecule has 10 aromatic rings. The summed E-state index contributed by atoms with van der Waals surface area (Å²) in [6.07, 6.45) is 16.1. The van der Waals surface area contributed by atoms with E-state index in [4.69, 9.17) is 4.42 Å². The number of rotatable bonds is 11. The Morgan fingerprint density at radius 1 is 0.412 bits per heavy atom. The molecule has 4 aliphatic carbocycles. The second kappa shape index (κ2) is 22.0. The van der Waals surface area contributed by atoms with E-state index in [0.29, 0.717) is 0 Å². The molecule has 6 aliphatic rings. The van der Waals surface area contributed by atoms with Gasteiger partial charge in [-0.05, 0) is 291 Å². The molecule has 6 heteroatoms. The first kappa shape index (κ1) is 64.6. The van der Waals surface area contributed by atoms with Crippen LogP contribution in [0.2, 0.25) is 0 Å². The monoisotopic (exact) mass is 1300 g/mol. The highest BCUT2D eigenvalue weighted by Gasteiger charge is 2.51. The lowest BCUT2D eigenvalue weighted by molar-refractivity contribution is 0.332. The van der Waals surface area contributed by atoms with Crippen molar-refractivity contribution >= 4 is 106 Å². The number of aryl methyl sites for hydroxylation is 3. The van der Waals surface area contributed by atoms with Gasteiger partial charge in [0.1, 0.15) is 11.2 Å². The average Bonchev–Trinajstić information content (AvgIpc) is 1.65. The third kappa shape index (κ3) is 10.1. The molecule has 0 spiro atoms. The molecule has 2 aromatic heterocycles. The van der Waals surface area contributed by atoms with E-state index in [1.807, 2.05) is 0 Å². The van der Waals surface area contributed by atoms with Crippen molar-refractivity contribution in [2.24, 2.45) is 0 Å². The molecule has 4 nitrogen and oxygen atoms in total. The Bertz CT molecular complexity index is 4830. The molecule has 0 unspecified atom stereocenters. The van der Waals surface area contributed by atoms with Crippen LogP contribution in [-0.2, 0) is 56.2 Å². The maximum Gasteiger partial charge on any atom is 0.343 e. The molecule has 16 rings (SSSR count). The zero-order chi connectivity index (χ0) is 68.2. The van der Waals surface area contributed by atoms with Gasteiger partial charge in [-0.2, -0.15) is 0 Å². The van der Waals surface area contributed by atoms with E-state index >= 15 is 0 Å². The number of thiophene rings is 1. The second-order valence-electron chi connectivity index (χ2n) is 36.5. The summed E-state index contributed by atoms with van der Waals surface area (Å²) in [6.45, 7) is 46.7. The van der Waals surface area contributed by atoms with Crippen molar-refractivity contribution in [1.82, 2.24) is 0 Å². The molecule has 0 bridgehead atoms. The molecule has 0 atom stereocenters. The van der Waals surface area contributed by atoms with E-state index in [2.05, 4.69) is 285 Å². The summed E-state index contributed by atoms with van der Waals surface area (Å²) in [5, 5.41) is 3.77. The lowest BCUT2D eigenvalue weighted by atomic mass is 9.46. The number of furan rings is 1. The lowest BCUT2D eigenvalue weighted by Gasteiger charge is -2.47. The summed E-state index contributed by atoms with van der Waals surface area (Å²) < 4.78 is 10.2. The Hall–Kier alpha value is -7.02. The predicted molar refractivity (Wildman–Crippen MR) is 421 cm³/mol. The number of benzene rings is 8. The van der Waals surface area contributed by atoms with Crippen molar-refractivity contribution in [3.63, 3.8) is 0 Å². The van der Waals surface area contributed by atoms with Crippen molar-refractivity contribution in [3.05, 3.63) is 189 Å². The summed E-state index contributed by atoms with van der Waals surface area (Å²) in [7, 11) is 0. The topological polar surface area (TPSA) is 22.9 Å². The number of anilines is 8. The average molecular weight is 1300 g/mol. The zero-order valence-electron chi connectivity index (χ0n) is 62.3. The fourth-order valence-electron chi connectivity index (χ4n) is 19.0. The van der Waals surface area contributed by atoms with E-state index < -0.39 is 0 Å². The molecular formula is C91H106BN3OS. The Kier molecular flexibility index (Phi) is 14.7. The van der Waals surface area contributed by atoms with Gasteiger partial charge in [-0.15, -0.1) is 11.3 Å².